The summed E-state index contributed by atoms with van der Waals surface area (Å²) in [7, 11) is 0. The molecule has 1 fully saturated rings. The van der Waals surface area contributed by atoms with E-state index in [1.54, 1.807) is 11.3 Å². The van der Waals surface area contributed by atoms with Crippen molar-refractivity contribution < 1.29 is 4.42 Å². The zero-order chi connectivity index (χ0) is 18.5. The molecule has 27 heavy (non-hydrogen) atoms. The van der Waals surface area contributed by atoms with Crippen LogP contribution < -0.4 is 0 Å². The van der Waals surface area contributed by atoms with Gasteiger partial charge in [0.2, 0.25) is 5.89 Å². The van der Waals surface area contributed by atoms with E-state index >= 15 is 0 Å². The monoisotopic (exact) mass is 380 g/mol. The first kappa shape index (κ1) is 18.1. The second kappa shape index (κ2) is 8.61. The van der Waals surface area contributed by atoms with E-state index in [1.165, 1.54) is 5.56 Å². The van der Waals surface area contributed by atoms with Crippen LogP contribution in [0.1, 0.15) is 24.4 Å². The number of hydrogen-bond acceptors (Lipinski definition) is 6. The molecule has 1 saturated heterocycles. The van der Waals surface area contributed by atoms with Gasteiger partial charge in [0.15, 0.2) is 0 Å². The standard InChI is InChI=1S/C21H24N4OS/c1-17(20-22-23-21(26-20)19-10-6-16-27-19)25-14-12-24(13-15-25)11-5-9-18-7-3-2-4-8-18/h2-10,16-17H,11-15H2,1H3/b9-5+/t17-/m1/s1. The summed E-state index contributed by atoms with van der Waals surface area (Å²) in [5, 5.41) is 10.5. The molecular weight excluding hydrogens is 356 g/mol. The number of nitrogens with zero attached hydrogens (tertiary/aromatic N) is 4. The number of aromatic nitrogens is 2. The van der Waals surface area contributed by atoms with E-state index in [0.717, 1.165) is 37.6 Å². The van der Waals surface area contributed by atoms with Crippen molar-refractivity contribution >= 4 is 17.4 Å². The molecule has 4 rings (SSSR count). The summed E-state index contributed by atoms with van der Waals surface area (Å²) in [4.78, 5) is 5.92. The van der Waals surface area contributed by atoms with Gasteiger partial charge in [0.25, 0.3) is 5.89 Å². The Balaban J connectivity index is 1.28. The van der Waals surface area contributed by atoms with Crippen LogP contribution in [-0.2, 0) is 0 Å². The zero-order valence-corrected chi connectivity index (χ0v) is 16.3. The Hall–Kier alpha value is -2.28. The average Bonchev–Trinajstić information content (AvgIpc) is 3.41. The van der Waals surface area contributed by atoms with E-state index in [1.807, 2.05) is 23.6 Å². The van der Waals surface area contributed by atoms with Gasteiger partial charge in [-0.25, -0.2) is 0 Å². The van der Waals surface area contributed by atoms with Gasteiger partial charge in [0, 0.05) is 32.7 Å². The third kappa shape index (κ3) is 4.53. The van der Waals surface area contributed by atoms with Crippen molar-refractivity contribution in [3.8, 4) is 10.8 Å². The quantitative estimate of drug-likeness (QED) is 0.642. The van der Waals surface area contributed by atoms with Gasteiger partial charge in [0.05, 0.1) is 10.9 Å². The first-order valence-electron chi connectivity index (χ1n) is 9.35. The van der Waals surface area contributed by atoms with E-state index in [9.17, 15) is 0 Å². The molecule has 5 nitrogen and oxygen atoms in total. The molecule has 0 amide bonds. The van der Waals surface area contributed by atoms with Gasteiger partial charge < -0.3 is 4.42 Å². The summed E-state index contributed by atoms with van der Waals surface area (Å²) in [6.07, 6.45) is 4.44. The predicted octanol–water partition coefficient (Wildman–Crippen LogP) is 4.19. The largest absolute Gasteiger partial charge is 0.418 e. The van der Waals surface area contributed by atoms with Crippen molar-refractivity contribution in [2.75, 3.05) is 32.7 Å². The van der Waals surface area contributed by atoms with Crippen molar-refractivity contribution in [1.82, 2.24) is 20.0 Å². The molecule has 0 radical (unpaired) electrons. The van der Waals surface area contributed by atoms with Crippen molar-refractivity contribution in [3.05, 3.63) is 65.4 Å². The minimum Gasteiger partial charge on any atom is -0.418 e. The molecule has 1 aliphatic rings. The van der Waals surface area contributed by atoms with Crippen molar-refractivity contribution in [2.45, 2.75) is 13.0 Å². The van der Waals surface area contributed by atoms with Crippen LogP contribution in [0.2, 0.25) is 0 Å². The maximum absolute atomic E-state index is 5.91. The topological polar surface area (TPSA) is 45.4 Å². The molecule has 0 spiro atoms. The number of piperazine rings is 1. The lowest BCUT2D eigenvalue weighted by Crippen LogP contribution is -2.47. The van der Waals surface area contributed by atoms with Gasteiger partial charge in [-0.1, -0.05) is 48.6 Å². The lowest BCUT2D eigenvalue weighted by atomic mass is 10.2. The normalized spacial score (nSPS) is 17.5. The first-order valence-corrected chi connectivity index (χ1v) is 10.2. The van der Waals surface area contributed by atoms with E-state index in [-0.39, 0.29) is 6.04 Å². The lowest BCUT2D eigenvalue weighted by Gasteiger charge is -2.36. The maximum atomic E-state index is 5.91. The molecule has 3 aromatic rings. The number of hydrogen-bond donors (Lipinski definition) is 0. The number of thiophene rings is 1. The van der Waals surface area contributed by atoms with E-state index in [4.69, 9.17) is 4.42 Å². The lowest BCUT2D eigenvalue weighted by molar-refractivity contribution is 0.0984. The van der Waals surface area contributed by atoms with E-state index in [0.29, 0.717) is 11.8 Å². The number of benzene rings is 1. The first-order chi connectivity index (χ1) is 13.3. The summed E-state index contributed by atoms with van der Waals surface area (Å²) in [5.74, 6) is 1.33. The fourth-order valence-corrected chi connectivity index (χ4v) is 3.94. The zero-order valence-electron chi connectivity index (χ0n) is 15.5. The van der Waals surface area contributed by atoms with Gasteiger partial charge in [0.1, 0.15) is 0 Å². The Bertz CT molecular complexity index is 851. The Kier molecular flexibility index (Phi) is 5.77. The van der Waals surface area contributed by atoms with Gasteiger partial charge in [-0.15, -0.1) is 21.5 Å². The molecular formula is C21H24N4OS. The van der Waals surface area contributed by atoms with E-state index < -0.39 is 0 Å². The van der Waals surface area contributed by atoms with Crippen LogP contribution in [0.25, 0.3) is 16.8 Å². The van der Waals surface area contributed by atoms with Crippen LogP contribution in [-0.4, -0.2) is 52.7 Å². The van der Waals surface area contributed by atoms with Gasteiger partial charge in [-0.05, 0) is 23.9 Å². The highest BCUT2D eigenvalue weighted by molar-refractivity contribution is 7.13. The summed E-state index contributed by atoms with van der Waals surface area (Å²) in [6, 6.07) is 14.6. The molecule has 0 saturated carbocycles. The molecule has 0 N–H and O–H groups in total. The van der Waals surface area contributed by atoms with Crippen LogP contribution in [0.4, 0.5) is 0 Å². The molecule has 3 heterocycles. The minimum absolute atomic E-state index is 0.147. The summed E-state index contributed by atoms with van der Waals surface area (Å²) < 4.78 is 5.91. The van der Waals surface area contributed by atoms with Crippen molar-refractivity contribution in [3.63, 3.8) is 0 Å². The highest BCUT2D eigenvalue weighted by Gasteiger charge is 2.25. The summed E-state index contributed by atoms with van der Waals surface area (Å²) in [6.45, 7) is 7.26. The summed E-state index contributed by atoms with van der Waals surface area (Å²) >= 11 is 1.62. The molecule has 0 unspecified atom stereocenters. The Morgan fingerprint density at radius 1 is 1.07 bits per heavy atom. The van der Waals surface area contributed by atoms with Crippen LogP contribution in [0.15, 0.2) is 58.3 Å². The van der Waals surface area contributed by atoms with Gasteiger partial charge in [-0.3, -0.25) is 9.80 Å². The smallest absolute Gasteiger partial charge is 0.257 e. The third-order valence-corrected chi connectivity index (χ3v) is 5.82. The van der Waals surface area contributed by atoms with Crippen LogP contribution >= 0.6 is 11.3 Å². The highest BCUT2D eigenvalue weighted by atomic mass is 32.1. The fraction of sp³-hybridized carbons (Fsp3) is 0.333. The average molecular weight is 381 g/mol. The maximum Gasteiger partial charge on any atom is 0.257 e. The SMILES string of the molecule is C[C@H](c1nnc(-c2cccs2)o1)N1CCN(C/C=C/c2ccccc2)CC1. The Morgan fingerprint density at radius 2 is 1.89 bits per heavy atom. The molecule has 140 valence electrons. The third-order valence-electron chi connectivity index (χ3n) is 4.96. The van der Waals surface area contributed by atoms with Gasteiger partial charge >= 0.3 is 0 Å². The van der Waals surface area contributed by atoms with Crippen molar-refractivity contribution in [2.24, 2.45) is 0 Å². The second-order valence-corrected chi connectivity index (χ2v) is 7.70. The van der Waals surface area contributed by atoms with Crippen LogP contribution in [0.3, 0.4) is 0 Å². The van der Waals surface area contributed by atoms with E-state index in [2.05, 4.69) is 63.3 Å². The molecule has 0 aliphatic carbocycles. The summed E-state index contributed by atoms with van der Waals surface area (Å²) in [5.41, 5.74) is 1.25. The second-order valence-electron chi connectivity index (χ2n) is 6.75. The Morgan fingerprint density at radius 3 is 2.63 bits per heavy atom. The number of rotatable bonds is 6. The van der Waals surface area contributed by atoms with Crippen molar-refractivity contribution in [1.29, 1.82) is 0 Å². The van der Waals surface area contributed by atoms with Gasteiger partial charge in [-0.2, -0.15) is 0 Å². The molecule has 6 heteroatoms. The van der Waals surface area contributed by atoms with Crippen LogP contribution in [0, 0.1) is 0 Å². The fourth-order valence-electron chi connectivity index (χ4n) is 3.29. The highest BCUT2D eigenvalue weighted by Crippen LogP contribution is 2.27. The molecule has 2 aromatic heterocycles. The molecule has 1 aromatic carbocycles. The van der Waals surface area contributed by atoms with Crippen LogP contribution in [0.5, 0.6) is 0 Å². The molecule has 0 bridgehead atoms. The minimum atomic E-state index is 0.147. The molecule has 1 atom stereocenters. The molecule has 1 aliphatic heterocycles. The predicted molar refractivity (Wildman–Crippen MR) is 110 cm³/mol. The Labute approximate surface area is 163 Å².